The minimum absolute atomic E-state index is 0.458. The third-order valence-corrected chi connectivity index (χ3v) is 2.58. The van der Waals surface area contributed by atoms with Crippen molar-refractivity contribution in [3.63, 3.8) is 0 Å². The van der Waals surface area contributed by atoms with Gasteiger partial charge in [-0.05, 0) is 0 Å². The first-order chi connectivity index (χ1) is 6.00. The maximum Gasteiger partial charge on any atom is 0.327 e. The maximum atomic E-state index is 11.3. The zero-order chi connectivity index (χ0) is 10.2. The lowest BCUT2D eigenvalue weighted by molar-refractivity contribution is -0.138. The highest BCUT2D eigenvalue weighted by atomic mass is 35.5. The monoisotopic (exact) mass is 204 g/mol. The molecule has 3 amide bonds. The van der Waals surface area contributed by atoms with Crippen LogP contribution in [-0.2, 0) is 9.59 Å². The van der Waals surface area contributed by atoms with Gasteiger partial charge in [0.1, 0.15) is 17.7 Å². The molecule has 6 heteroatoms. The molecule has 0 radical (unpaired) electrons. The Balaban J connectivity index is 2.98. The van der Waals surface area contributed by atoms with Gasteiger partial charge in [0.05, 0.1) is 0 Å². The van der Waals surface area contributed by atoms with Gasteiger partial charge >= 0.3 is 6.03 Å². The fourth-order valence-electron chi connectivity index (χ4n) is 1.14. The van der Waals surface area contributed by atoms with Gasteiger partial charge in [0.2, 0.25) is 5.91 Å². The molecule has 0 aromatic rings. The number of urea groups is 1. The average molecular weight is 205 g/mol. The summed E-state index contributed by atoms with van der Waals surface area (Å²) in [6, 6.07) is -0.497. The molecule has 1 aliphatic rings. The van der Waals surface area contributed by atoms with Crippen LogP contribution in [0.15, 0.2) is 0 Å². The summed E-state index contributed by atoms with van der Waals surface area (Å²) in [6.45, 7) is 0. The van der Waals surface area contributed by atoms with Crippen molar-refractivity contribution in [2.24, 2.45) is 5.92 Å². The molecule has 1 fully saturated rings. The summed E-state index contributed by atoms with van der Waals surface area (Å²) < 4.78 is 0. The van der Waals surface area contributed by atoms with E-state index in [-0.39, 0.29) is 0 Å². The molecule has 0 aliphatic carbocycles. The van der Waals surface area contributed by atoms with Gasteiger partial charge in [0.25, 0.3) is 0 Å². The van der Waals surface area contributed by atoms with E-state index in [1.165, 1.54) is 14.1 Å². The number of halogens is 1. The van der Waals surface area contributed by atoms with Crippen molar-refractivity contribution in [1.82, 2.24) is 9.80 Å². The molecule has 2 unspecified atom stereocenters. The number of aldehydes is 1. The topological polar surface area (TPSA) is 57.7 Å². The first-order valence-corrected chi connectivity index (χ1v) is 4.08. The molecule has 0 aromatic heterocycles. The van der Waals surface area contributed by atoms with E-state index in [4.69, 9.17) is 11.6 Å². The van der Waals surface area contributed by atoms with E-state index in [1.54, 1.807) is 0 Å². The largest absolute Gasteiger partial charge is 0.327 e. The van der Waals surface area contributed by atoms with Crippen molar-refractivity contribution >= 4 is 29.8 Å². The molecule has 0 saturated carbocycles. The number of rotatable bonds is 1. The van der Waals surface area contributed by atoms with Crippen molar-refractivity contribution in [2.45, 2.75) is 5.50 Å². The lowest BCUT2D eigenvalue weighted by Crippen LogP contribution is -2.57. The molecule has 0 aromatic carbocycles. The normalized spacial score (nSPS) is 29.5. The Bertz CT molecular complexity index is 268. The summed E-state index contributed by atoms with van der Waals surface area (Å²) in [4.78, 5) is 35.1. The van der Waals surface area contributed by atoms with Crippen LogP contribution in [0.25, 0.3) is 0 Å². The number of carbonyl (C=O) groups is 3. The summed E-state index contributed by atoms with van der Waals surface area (Å²) in [5, 5.41) is 0. The van der Waals surface area contributed by atoms with Crippen molar-refractivity contribution < 1.29 is 14.4 Å². The van der Waals surface area contributed by atoms with E-state index in [1.807, 2.05) is 0 Å². The highest BCUT2D eigenvalue weighted by Gasteiger charge is 2.41. The Morgan fingerprint density at radius 2 is 1.92 bits per heavy atom. The van der Waals surface area contributed by atoms with Gasteiger partial charge in [0.15, 0.2) is 0 Å². The second kappa shape index (κ2) is 3.33. The van der Waals surface area contributed by atoms with Gasteiger partial charge in [-0.15, -0.1) is 0 Å². The Labute approximate surface area is 80.2 Å². The van der Waals surface area contributed by atoms with Gasteiger partial charge in [-0.1, -0.05) is 11.6 Å². The van der Waals surface area contributed by atoms with E-state index in [9.17, 15) is 14.4 Å². The number of hydrogen-bond acceptors (Lipinski definition) is 3. The van der Waals surface area contributed by atoms with Crippen LogP contribution < -0.4 is 0 Å². The number of alkyl halides is 1. The van der Waals surface area contributed by atoms with E-state index in [2.05, 4.69) is 0 Å². The third kappa shape index (κ3) is 1.39. The number of imide groups is 1. The van der Waals surface area contributed by atoms with Crippen LogP contribution in [0.5, 0.6) is 0 Å². The Kier molecular flexibility index (Phi) is 2.56. The molecular formula is C7H9ClN2O3. The third-order valence-electron chi connectivity index (χ3n) is 2.02. The number of hydrogen-bond donors (Lipinski definition) is 0. The van der Waals surface area contributed by atoms with Crippen molar-refractivity contribution in [3.05, 3.63) is 0 Å². The van der Waals surface area contributed by atoms with Crippen molar-refractivity contribution in [1.29, 1.82) is 0 Å². The minimum Gasteiger partial charge on any atom is -0.310 e. The van der Waals surface area contributed by atoms with Crippen LogP contribution in [0, 0.1) is 5.92 Å². The molecule has 1 heterocycles. The van der Waals surface area contributed by atoms with E-state index < -0.39 is 23.4 Å². The van der Waals surface area contributed by atoms with Crippen LogP contribution >= 0.6 is 11.6 Å². The summed E-state index contributed by atoms with van der Waals surface area (Å²) in [7, 11) is 2.76. The average Bonchev–Trinajstić information content (AvgIpc) is 2.13. The van der Waals surface area contributed by atoms with Crippen LogP contribution in [-0.4, -0.2) is 47.6 Å². The van der Waals surface area contributed by atoms with Gasteiger partial charge in [0, 0.05) is 14.1 Å². The molecule has 0 bridgehead atoms. The number of carbonyl (C=O) groups excluding carboxylic acids is 3. The molecular weight excluding hydrogens is 196 g/mol. The van der Waals surface area contributed by atoms with Crippen LogP contribution in [0.2, 0.25) is 0 Å². The minimum atomic E-state index is -0.964. The van der Waals surface area contributed by atoms with Crippen LogP contribution in [0.4, 0.5) is 4.79 Å². The first-order valence-electron chi connectivity index (χ1n) is 3.64. The van der Waals surface area contributed by atoms with E-state index in [0.717, 1.165) is 9.80 Å². The molecule has 13 heavy (non-hydrogen) atoms. The SMILES string of the molecule is CN1C(=O)C(C=O)C(Cl)N(C)C1=O. The lowest BCUT2D eigenvalue weighted by atomic mass is 10.1. The molecule has 1 rings (SSSR count). The van der Waals surface area contributed by atoms with Gasteiger partial charge < -0.3 is 9.69 Å². The first kappa shape index (κ1) is 9.98. The highest BCUT2D eigenvalue weighted by molar-refractivity contribution is 6.26. The van der Waals surface area contributed by atoms with E-state index >= 15 is 0 Å². The zero-order valence-corrected chi connectivity index (χ0v) is 7.99. The molecule has 5 nitrogen and oxygen atoms in total. The smallest absolute Gasteiger partial charge is 0.310 e. The van der Waals surface area contributed by atoms with E-state index in [0.29, 0.717) is 6.29 Å². The predicted molar refractivity (Wildman–Crippen MR) is 45.1 cm³/mol. The number of amides is 3. The molecule has 72 valence electrons. The Morgan fingerprint density at radius 1 is 1.38 bits per heavy atom. The Hall–Kier alpha value is -1.10. The van der Waals surface area contributed by atoms with Crippen LogP contribution in [0.3, 0.4) is 0 Å². The molecule has 1 aliphatic heterocycles. The van der Waals surface area contributed by atoms with Crippen molar-refractivity contribution in [2.75, 3.05) is 14.1 Å². The lowest BCUT2D eigenvalue weighted by Gasteiger charge is -2.36. The zero-order valence-electron chi connectivity index (χ0n) is 7.23. The second-order valence-electron chi connectivity index (χ2n) is 2.83. The molecule has 2 atom stereocenters. The highest BCUT2D eigenvalue weighted by Crippen LogP contribution is 2.21. The number of nitrogens with zero attached hydrogens (tertiary/aromatic N) is 2. The predicted octanol–water partition coefficient (Wildman–Crippen LogP) is -0.110. The molecule has 0 N–H and O–H groups in total. The summed E-state index contributed by atoms with van der Waals surface area (Å²) in [5.74, 6) is -1.52. The Morgan fingerprint density at radius 3 is 2.38 bits per heavy atom. The standard InChI is InChI=1S/C7H9ClN2O3/c1-9-5(8)4(3-11)6(12)10(2)7(9)13/h3-5H,1-2H3. The van der Waals surface area contributed by atoms with Crippen molar-refractivity contribution in [3.8, 4) is 0 Å². The molecule has 0 spiro atoms. The molecule has 1 saturated heterocycles. The fraction of sp³-hybridized carbons (Fsp3) is 0.571. The summed E-state index contributed by atoms with van der Waals surface area (Å²) in [5.41, 5.74) is -0.881. The summed E-state index contributed by atoms with van der Waals surface area (Å²) >= 11 is 5.71. The van der Waals surface area contributed by atoms with Gasteiger partial charge in [-0.2, -0.15) is 0 Å². The van der Waals surface area contributed by atoms with Gasteiger partial charge in [-0.25, -0.2) is 4.79 Å². The quantitative estimate of drug-likeness (QED) is 0.259. The second-order valence-corrected chi connectivity index (χ2v) is 3.27. The van der Waals surface area contributed by atoms with Crippen LogP contribution in [0.1, 0.15) is 0 Å². The van der Waals surface area contributed by atoms with Gasteiger partial charge in [-0.3, -0.25) is 9.69 Å². The summed E-state index contributed by atoms with van der Waals surface area (Å²) in [6.07, 6.45) is 0.458. The maximum absolute atomic E-state index is 11.3. The fourth-order valence-corrected chi connectivity index (χ4v) is 1.39.